The summed E-state index contributed by atoms with van der Waals surface area (Å²) in [5.41, 5.74) is 5.04. The Balaban J connectivity index is 1.39. The highest BCUT2D eigenvalue weighted by Gasteiger charge is 2.12. The minimum Gasteiger partial charge on any atom is -0.0616 e. The molecule has 0 heterocycles. The van der Waals surface area contributed by atoms with Gasteiger partial charge in [0.2, 0.25) is 0 Å². The van der Waals surface area contributed by atoms with Crippen molar-refractivity contribution < 1.29 is 0 Å². The van der Waals surface area contributed by atoms with Gasteiger partial charge in [0.15, 0.2) is 0 Å². The number of fused-ring (bicyclic) bond motifs is 8. The van der Waals surface area contributed by atoms with Crippen molar-refractivity contribution in [2.75, 3.05) is 0 Å². The summed E-state index contributed by atoms with van der Waals surface area (Å²) >= 11 is 0. The standard InChI is InChI=1S/C38H24/c1-2-12-29-25(9-1)10-7-17-30(29)27-20-19-26-11-8-18-31(37(26)23-27)28-21-22-36-34-15-4-3-13-32(34)33-14-5-6-16-35(33)38(36)24-28/h1-24H. The van der Waals surface area contributed by atoms with Gasteiger partial charge >= 0.3 is 0 Å². The fraction of sp³-hybridized carbons (Fsp3) is 0. The summed E-state index contributed by atoms with van der Waals surface area (Å²) in [6, 6.07) is 53.4. The molecule has 0 saturated heterocycles. The first-order valence-electron chi connectivity index (χ1n) is 13.2. The van der Waals surface area contributed by atoms with Crippen LogP contribution in [0.4, 0.5) is 0 Å². The van der Waals surface area contributed by atoms with E-state index in [0.29, 0.717) is 0 Å². The number of hydrogen-bond donors (Lipinski definition) is 0. The van der Waals surface area contributed by atoms with E-state index in [2.05, 4.69) is 146 Å². The van der Waals surface area contributed by atoms with Crippen molar-refractivity contribution in [1.82, 2.24) is 0 Å². The third kappa shape index (κ3) is 3.17. The minimum atomic E-state index is 1.25. The van der Waals surface area contributed by atoms with Gasteiger partial charge in [-0.25, -0.2) is 0 Å². The van der Waals surface area contributed by atoms with Crippen LogP contribution in [0.15, 0.2) is 146 Å². The van der Waals surface area contributed by atoms with E-state index < -0.39 is 0 Å². The van der Waals surface area contributed by atoms with E-state index in [1.807, 2.05) is 0 Å². The smallest absolute Gasteiger partial charge is 0.00928 e. The summed E-state index contributed by atoms with van der Waals surface area (Å²) in [5.74, 6) is 0. The zero-order valence-corrected chi connectivity index (χ0v) is 20.9. The largest absolute Gasteiger partial charge is 0.0616 e. The van der Waals surface area contributed by atoms with Crippen LogP contribution in [-0.2, 0) is 0 Å². The summed E-state index contributed by atoms with van der Waals surface area (Å²) < 4.78 is 0. The zero-order chi connectivity index (χ0) is 25.1. The maximum atomic E-state index is 2.39. The lowest BCUT2D eigenvalue weighted by atomic mass is 9.90. The second-order valence-electron chi connectivity index (χ2n) is 10.1. The lowest BCUT2D eigenvalue weighted by molar-refractivity contribution is 1.66. The summed E-state index contributed by atoms with van der Waals surface area (Å²) in [6.07, 6.45) is 0. The zero-order valence-electron chi connectivity index (χ0n) is 20.9. The second kappa shape index (κ2) is 8.30. The summed E-state index contributed by atoms with van der Waals surface area (Å²) in [7, 11) is 0. The fourth-order valence-corrected chi connectivity index (χ4v) is 6.24. The van der Waals surface area contributed by atoms with Crippen molar-refractivity contribution in [2.45, 2.75) is 0 Å². The van der Waals surface area contributed by atoms with Gasteiger partial charge in [-0.2, -0.15) is 0 Å². The van der Waals surface area contributed by atoms with Gasteiger partial charge in [-0.1, -0.05) is 133 Å². The minimum absolute atomic E-state index is 1.25. The molecule has 0 heteroatoms. The van der Waals surface area contributed by atoms with Gasteiger partial charge in [0.05, 0.1) is 0 Å². The molecule has 8 rings (SSSR count). The normalized spacial score (nSPS) is 11.7. The maximum absolute atomic E-state index is 2.39. The maximum Gasteiger partial charge on any atom is -0.00928 e. The summed E-state index contributed by atoms with van der Waals surface area (Å²) in [5, 5.41) is 12.9. The topological polar surface area (TPSA) is 0 Å². The van der Waals surface area contributed by atoms with Crippen LogP contribution in [0.2, 0.25) is 0 Å². The van der Waals surface area contributed by atoms with Crippen molar-refractivity contribution in [3.05, 3.63) is 146 Å². The molecule has 0 unspecified atom stereocenters. The summed E-state index contributed by atoms with van der Waals surface area (Å²) in [4.78, 5) is 0. The predicted molar refractivity (Wildman–Crippen MR) is 165 cm³/mol. The van der Waals surface area contributed by atoms with E-state index in [1.54, 1.807) is 0 Å². The molecule has 8 aromatic rings. The van der Waals surface area contributed by atoms with E-state index >= 15 is 0 Å². The van der Waals surface area contributed by atoms with Gasteiger partial charge in [0.25, 0.3) is 0 Å². The molecular formula is C38H24. The van der Waals surface area contributed by atoms with Crippen LogP contribution >= 0.6 is 0 Å². The van der Waals surface area contributed by atoms with Crippen molar-refractivity contribution in [1.29, 1.82) is 0 Å². The lowest BCUT2D eigenvalue weighted by Gasteiger charge is -2.14. The van der Waals surface area contributed by atoms with Crippen LogP contribution < -0.4 is 0 Å². The molecule has 0 bridgehead atoms. The molecule has 0 aliphatic carbocycles. The Morgan fingerprint density at radius 2 is 0.658 bits per heavy atom. The Bertz CT molecular complexity index is 2140. The second-order valence-corrected chi connectivity index (χ2v) is 10.1. The molecule has 38 heavy (non-hydrogen) atoms. The van der Waals surface area contributed by atoms with Crippen molar-refractivity contribution >= 4 is 53.9 Å². The third-order valence-electron chi connectivity index (χ3n) is 8.04. The van der Waals surface area contributed by atoms with Crippen LogP contribution in [0.3, 0.4) is 0 Å². The van der Waals surface area contributed by atoms with Gasteiger partial charge in [0, 0.05) is 0 Å². The Morgan fingerprint density at radius 3 is 1.32 bits per heavy atom. The first-order chi connectivity index (χ1) is 18.8. The molecule has 8 aromatic carbocycles. The van der Waals surface area contributed by atoms with Gasteiger partial charge in [-0.3, -0.25) is 0 Å². The predicted octanol–water partition coefficient (Wildman–Crippen LogP) is 10.8. The van der Waals surface area contributed by atoms with Gasteiger partial charge < -0.3 is 0 Å². The average molecular weight is 481 g/mol. The van der Waals surface area contributed by atoms with Crippen molar-refractivity contribution in [3.63, 3.8) is 0 Å². The third-order valence-corrected chi connectivity index (χ3v) is 8.04. The quantitative estimate of drug-likeness (QED) is 0.216. The number of hydrogen-bond acceptors (Lipinski definition) is 0. The van der Waals surface area contributed by atoms with E-state index in [1.165, 1.54) is 76.1 Å². The highest BCUT2D eigenvalue weighted by atomic mass is 14.2. The van der Waals surface area contributed by atoms with E-state index in [-0.39, 0.29) is 0 Å². The molecule has 0 radical (unpaired) electrons. The van der Waals surface area contributed by atoms with Crippen LogP contribution in [-0.4, -0.2) is 0 Å². The molecule has 0 saturated carbocycles. The van der Waals surface area contributed by atoms with Gasteiger partial charge in [0.1, 0.15) is 0 Å². The number of benzene rings is 8. The van der Waals surface area contributed by atoms with Crippen molar-refractivity contribution in [2.24, 2.45) is 0 Å². The van der Waals surface area contributed by atoms with Crippen LogP contribution in [0.5, 0.6) is 0 Å². The SMILES string of the molecule is c1ccc2c(-c3ccc4cccc(-c5ccc6c7ccccc7c7ccccc7c6c5)c4c3)cccc2c1. The lowest BCUT2D eigenvalue weighted by Crippen LogP contribution is -1.87. The number of rotatable bonds is 2. The molecule has 0 amide bonds. The van der Waals surface area contributed by atoms with Crippen LogP contribution in [0.1, 0.15) is 0 Å². The van der Waals surface area contributed by atoms with Gasteiger partial charge in [-0.15, -0.1) is 0 Å². The Hall–Kier alpha value is -4.94. The highest BCUT2D eigenvalue weighted by molar-refractivity contribution is 6.26. The molecule has 0 spiro atoms. The van der Waals surface area contributed by atoms with E-state index in [9.17, 15) is 0 Å². The van der Waals surface area contributed by atoms with Crippen LogP contribution in [0, 0.1) is 0 Å². The van der Waals surface area contributed by atoms with E-state index in [0.717, 1.165) is 0 Å². The van der Waals surface area contributed by atoms with Crippen molar-refractivity contribution in [3.8, 4) is 22.3 Å². The molecule has 0 N–H and O–H groups in total. The van der Waals surface area contributed by atoms with E-state index in [4.69, 9.17) is 0 Å². The Morgan fingerprint density at radius 1 is 0.237 bits per heavy atom. The fourth-order valence-electron chi connectivity index (χ4n) is 6.24. The first-order valence-corrected chi connectivity index (χ1v) is 13.2. The summed E-state index contributed by atoms with van der Waals surface area (Å²) in [6.45, 7) is 0. The Labute approximate surface area is 221 Å². The molecular weight excluding hydrogens is 456 g/mol. The monoisotopic (exact) mass is 480 g/mol. The molecule has 0 fully saturated rings. The molecule has 0 aliphatic rings. The molecule has 0 atom stereocenters. The molecule has 0 nitrogen and oxygen atoms in total. The highest BCUT2D eigenvalue weighted by Crippen LogP contribution is 2.39. The molecule has 0 aliphatic heterocycles. The average Bonchev–Trinajstić information content (AvgIpc) is 3.00. The van der Waals surface area contributed by atoms with Gasteiger partial charge in [-0.05, 0) is 88.2 Å². The van der Waals surface area contributed by atoms with Crippen LogP contribution in [0.25, 0.3) is 76.1 Å². The molecule has 0 aromatic heterocycles. The first kappa shape index (κ1) is 21.2. The Kier molecular flexibility index (Phi) is 4.62. The molecule has 176 valence electrons.